The van der Waals surface area contributed by atoms with E-state index in [1.54, 1.807) is 12.1 Å². The molecule has 0 unspecified atom stereocenters. The molecule has 1 aliphatic rings. The topological polar surface area (TPSA) is 17.1 Å². The van der Waals surface area contributed by atoms with Crippen molar-refractivity contribution in [2.75, 3.05) is 0 Å². The fourth-order valence-electron chi connectivity index (χ4n) is 2.55. The molecule has 0 aliphatic heterocycles. The summed E-state index contributed by atoms with van der Waals surface area (Å²) in [6, 6.07) is 10.0. The van der Waals surface area contributed by atoms with Crippen LogP contribution >= 0.6 is 11.6 Å². The molecule has 0 saturated carbocycles. The molecule has 0 heterocycles. The Morgan fingerprint density at radius 2 is 1.89 bits per heavy atom. The Hall–Kier alpha value is -1.67. The zero-order chi connectivity index (χ0) is 13.4. The number of carbonyl (C=O) groups excluding carboxylic acids is 1. The zero-order valence-electron chi connectivity index (χ0n) is 10.2. The molecule has 19 heavy (non-hydrogen) atoms. The standard InChI is InChI=1S/C16H12ClFO/c17-15-13(5-2-6-14(15)18)16(19)12-8-7-10-3-1-4-11(10)9-12/h2,5-9H,1,3-4H2. The maximum absolute atomic E-state index is 13.4. The molecule has 0 saturated heterocycles. The third kappa shape index (κ3) is 2.17. The van der Waals surface area contributed by atoms with E-state index >= 15 is 0 Å². The van der Waals surface area contributed by atoms with E-state index < -0.39 is 5.82 Å². The van der Waals surface area contributed by atoms with Crippen molar-refractivity contribution in [3.8, 4) is 0 Å². The molecule has 1 nitrogen and oxygen atoms in total. The highest BCUT2D eigenvalue weighted by Crippen LogP contribution is 2.26. The Balaban J connectivity index is 2.02. The Morgan fingerprint density at radius 1 is 1.11 bits per heavy atom. The van der Waals surface area contributed by atoms with Crippen LogP contribution in [0.15, 0.2) is 36.4 Å². The Bertz CT molecular complexity index is 664. The number of benzene rings is 2. The van der Waals surface area contributed by atoms with Crippen LogP contribution in [0.25, 0.3) is 0 Å². The van der Waals surface area contributed by atoms with Crippen LogP contribution < -0.4 is 0 Å². The number of hydrogen-bond acceptors (Lipinski definition) is 1. The summed E-state index contributed by atoms with van der Waals surface area (Å²) in [6.07, 6.45) is 3.21. The SMILES string of the molecule is O=C(c1ccc2c(c1)CCC2)c1cccc(F)c1Cl. The normalized spacial score (nSPS) is 13.4. The van der Waals surface area contributed by atoms with Gasteiger partial charge in [0.2, 0.25) is 0 Å². The molecule has 3 rings (SSSR count). The van der Waals surface area contributed by atoms with Crippen LogP contribution in [0.3, 0.4) is 0 Å². The lowest BCUT2D eigenvalue weighted by Crippen LogP contribution is -2.04. The van der Waals surface area contributed by atoms with Gasteiger partial charge in [0.1, 0.15) is 5.82 Å². The van der Waals surface area contributed by atoms with Crippen LogP contribution in [0, 0.1) is 5.82 Å². The first-order valence-corrected chi connectivity index (χ1v) is 6.65. The van der Waals surface area contributed by atoms with E-state index in [0.717, 1.165) is 19.3 Å². The molecule has 3 heteroatoms. The lowest BCUT2D eigenvalue weighted by molar-refractivity contribution is 0.103. The van der Waals surface area contributed by atoms with Crippen LogP contribution in [-0.4, -0.2) is 5.78 Å². The van der Waals surface area contributed by atoms with Gasteiger partial charge in [-0.15, -0.1) is 0 Å². The molecule has 0 radical (unpaired) electrons. The lowest BCUT2D eigenvalue weighted by Gasteiger charge is -2.06. The van der Waals surface area contributed by atoms with Gasteiger partial charge in [-0.3, -0.25) is 4.79 Å². The highest BCUT2D eigenvalue weighted by atomic mass is 35.5. The molecule has 2 aromatic rings. The molecular weight excluding hydrogens is 263 g/mol. The second kappa shape index (κ2) is 4.78. The van der Waals surface area contributed by atoms with E-state index in [0.29, 0.717) is 5.56 Å². The van der Waals surface area contributed by atoms with Gasteiger partial charge >= 0.3 is 0 Å². The summed E-state index contributed by atoms with van der Waals surface area (Å²) in [6.45, 7) is 0. The van der Waals surface area contributed by atoms with Gasteiger partial charge in [0.15, 0.2) is 5.78 Å². The average molecular weight is 275 g/mol. The number of fused-ring (bicyclic) bond motifs is 1. The third-order valence-corrected chi connectivity index (χ3v) is 3.94. The number of ketones is 1. The van der Waals surface area contributed by atoms with Crippen molar-refractivity contribution in [2.24, 2.45) is 0 Å². The third-order valence-electron chi connectivity index (χ3n) is 3.56. The van der Waals surface area contributed by atoms with Gasteiger partial charge in [-0.1, -0.05) is 29.8 Å². The minimum atomic E-state index is -0.561. The number of rotatable bonds is 2. The average Bonchev–Trinajstić information content (AvgIpc) is 2.88. The van der Waals surface area contributed by atoms with Crippen molar-refractivity contribution in [3.05, 3.63) is 69.5 Å². The Morgan fingerprint density at radius 3 is 2.74 bits per heavy atom. The van der Waals surface area contributed by atoms with Gasteiger partial charge in [0, 0.05) is 11.1 Å². The first-order valence-electron chi connectivity index (χ1n) is 6.27. The molecule has 0 amide bonds. The second-order valence-electron chi connectivity index (χ2n) is 4.77. The summed E-state index contributed by atoms with van der Waals surface area (Å²) in [7, 11) is 0. The number of hydrogen-bond donors (Lipinski definition) is 0. The molecule has 1 aliphatic carbocycles. The van der Waals surface area contributed by atoms with Gasteiger partial charge in [-0.05, 0) is 48.6 Å². The zero-order valence-corrected chi connectivity index (χ0v) is 11.0. The fourth-order valence-corrected chi connectivity index (χ4v) is 2.76. The molecule has 96 valence electrons. The van der Waals surface area contributed by atoms with Crippen molar-refractivity contribution in [2.45, 2.75) is 19.3 Å². The molecule has 0 N–H and O–H groups in total. The summed E-state index contributed by atoms with van der Waals surface area (Å²) in [4.78, 5) is 12.4. The van der Waals surface area contributed by atoms with Gasteiger partial charge < -0.3 is 0 Å². The van der Waals surface area contributed by atoms with Crippen LogP contribution in [0.5, 0.6) is 0 Å². The van der Waals surface area contributed by atoms with Gasteiger partial charge in [-0.2, -0.15) is 0 Å². The van der Waals surface area contributed by atoms with Crippen LogP contribution in [-0.2, 0) is 12.8 Å². The summed E-state index contributed by atoms with van der Waals surface area (Å²) >= 11 is 5.86. The Kier molecular flexibility index (Phi) is 3.11. The summed E-state index contributed by atoms with van der Waals surface area (Å²) < 4.78 is 13.4. The maximum atomic E-state index is 13.4. The highest BCUT2D eigenvalue weighted by molar-refractivity contribution is 6.35. The number of aryl methyl sites for hydroxylation is 2. The summed E-state index contributed by atoms with van der Waals surface area (Å²) in [5.41, 5.74) is 3.33. The van der Waals surface area contributed by atoms with Gasteiger partial charge in [0.05, 0.1) is 5.02 Å². The van der Waals surface area contributed by atoms with Crippen molar-refractivity contribution in [1.82, 2.24) is 0 Å². The first-order chi connectivity index (χ1) is 9.16. The van der Waals surface area contributed by atoms with E-state index in [1.165, 1.54) is 23.3 Å². The molecule has 0 fully saturated rings. The molecule has 0 spiro atoms. The fraction of sp³-hybridized carbons (Fsp3) is 0.188. The van der Waals surface area contributed by atoms with E-state index in [9.17, 15) is 9.18 Å². The van der Waals surface area contributed by atoms with E-state index in [-0.39, 0.29) is 16.4 Å². The molecular formula is C16H12ClFO. The lowest BCUT2D eigenvalue weighted by atomic mass is 9.99. The van der Waals surface area contributed by atoms with Gasteiger partial charge in [-0.25, -0.2) is 4.39 Å². The first kappa shape index (κ1) is 12.4. The quantitative estimate of drug-likeness (QED) is 0.750. The highest BCUT2D eigenvalue weighted by Gasteiger charge is 2.18. The van der Waals surface area contributed by atoms with E-state index in [1.807, 2.05) is 12.1 Å². The molecule has 2 aromatic carbocycles. The summed E-state index contributed by atoms with van der Waals surface area (Å²) in [5.74, 6) is -0.784. The number of carbonyl (C=O) groups is 1. The Labute approximate surface area is 116 Å². The predicted octanol–water partition coefficient (Wildman–Crippen LogP) is 4.20. The molecule has 0 aromatic heterocycles. The molecule has 0 bridgehead atoms. The number of halogens is 2. The van der Waals surface area contributed by atoms with E-state index in [4.69, 9.17) is 11.6 Å². The van der Waals surface area contributed by atoms with Crippen molar-refractivity contribution >= 4 is 17.4 Å². The summed E-state index contributed by atoms with van der Waals surface area (Å²) in [5, 5.41) is -0.104. The van der Waals surface area contributed by atoms with Crippen LogP contribution in [0.2, 0.25) is 5.02 Å². The largest absolute Gasteiger partial charge is 0.289 e. The van der Waals surface area contributed by atoms with Crippen LogP contribution in [0.1, 0.15) is 33.5 Å². The smallest absolute Gasteiger partial charge is 0.194 e. The van der Waals surface area contributed by atoms with Crippen molar-refractivity contribution in [1.29, 1.82) is 0 Å². The van der Waals surface area contributed by atoms with Gasteiger partial charge in [0.25, 0.3) is 0 Å². The maximum Gasteiger partial charge on any atom is 0.194 e. The van der Waals surface area contributed by atoms with Crippen molar-refractivity contribution < 1.29 is 9.18 Å². The monoisotopic (exact) mass is 274 g/mol. The van der Waals surface area contributed by atoms with Crippen molar-refractivity contribution in [3.63, 3.8) is 0 Å². The minimum absolute atomic E-state index is 0.104. The minimum Gasteiger partial charge on any atom is -0.289 e. The van der Waals surface area contributed by atoms with Crippen LogP contribution in [0.4, 0.5) is 4.39 Å². The van der Waals surface area contributed by atoms with E-state index in [2.05, 4.69) is 0 Å². The predicted molar refractivity (Wildman–Crippen MR) is 73.3 cm³/mol. The second-order valence-corrected chi connectivity index (χ2v) is 5.15. The molecule has 0 atom stereocenters.